The third-order valence-corrected chi connectivity index (χ3v) is 6.22. The molecular formula is C24H20ClF3N4O4. The molecule has 5 rings (SSSR count). The average Bonchev–Trinajstić information content (AvgIpc) is 3.40. The maximum absolute atomic E-state index is 12.4. The van der Waals surface area contributed by atoms with Crippen molar-refractivity contribution in [2.75, 3.05) is 13.1 Å². The number of benzene rings is 2. The van der Waals surface area contributed by atoms with Crippen LogP contribution in [0.3, 0.4) is 0 Å². The van der Waals surface area contributed by atoms with Crippen molar-refractivity contribution in [1.29, 1.82) is 0 Å². The van der Waals surface area contributed by atoms with Crippen LogP contribution in [0.5, 0.6) is 11.6 Å². The van der Waals surface area contributed by atoms with Gasteiger partial charge in [0.25, 0.3) is 0 Å². The Bertz CT molecular complexity index is 1410. The zero-order chi connectivity index (χ0) is 25.4. The molecule has 0 saturated carbocycles. The molecule has 3 heterocycles. The number of aromatic nitrogens is 3. The van der Waals surface area contributed by atoms with Gasteiger partial charge in [0.2, 0.25) is 17.6 Å². The topological polar surface area (TPSA) is 93.6 Å². The molecule has 1 aliphatic heterocycles. The lowest BCUT2D eigenvalue weighted by Gasteiger charge is -2.23. The van der Waals surface area contributed by atoms with Crippen LogP contribution in [0.4, 0.5) is 13.2 Å². The number of rotatable bonds is 6. The fourth-order valence-electron chi connectivity index (χ4n) is 4.17. The predicted octanol–water partition coefficient (Wildman–Crippen LogP) is 5.16. The van der Waals surface area contributed by atoms with Crippen molar-refractivity contribution in [3.63, 3.8) is 0 Å². The number of ether oxygens (including phenoxy) is 1. The van der Waals surface area contributed by atoms with E-state index in [1.54, 1.807) is 22.9 Å². The second-order valence-electron chi connectivity index (χ2n) is 8.52. The second-order valence-corrected chi connectivity index (χ2v) is 8.93. The molecule has 0 amide bonds. The number of ketones is 1. The molecule has 0 radical (unpaired) electrons. The van der Waals surface area contributed by atoms with E-state index in [0.29, 0.717) is 66.1 Å². The molecule has 4 aromatic rings. The first-order chi connectivity index (χ1) is 17.1. The van der Waals surface area contributed by atoms with Gasteiger partial charge in [-0.1, -0.05) is 28.9 Å². The maximum atomic E-state index is 12.4. The van der Waals surface area contributed by atoms with Gasteiger partial charge in [0.05, 0.1) is 23.5 Å². The van der Waals surface area contributed by atoms with Crippen molar-refractivity contribution in [2.24, 2.45) is 0 Å². The molecule has 0 aliphatic carbocycles. The first kappa shape index (κ1) is 24.1. The number of hydrogen-bond acceptors (Lipinski definition) is 7. The maximum Gasteiger partial charge on any atom is 0.573 e. The highest BCUT2D eigenvalue weighted by Gasteiger charge is 2.31. The number of halogens is 4. The Hall–Kier alpha value is -3.57. The monoisotopic (exact) mass is 520 g/mol. The number of fused-ring (bicyclic) bond motifs is 1. The highest BCUT2D eigenvalue weighted by atomic mass is 35.5. The molecule has 1 aliphatic rings. The summed E-state index contributed by atoms with van der Waals surface area (Å²) in [6, 6.07) is 8.79. The van der Waals surface area contributed by atoms with Gasteiger partial charge in [-0.15, -0.1) is 13.2 Å². The molecule has 0 atom stereocenters. The summed E-state index contributed by atoms with van der Waals surface area (Å²) in [7, 11) is 0. The minimum atomic E-state index is -4.76. The zero-order valence-corrected chi connectivity index (χ0v) is 19.5. The average molecular weight is 521 g/mol. The zero-order valence-electron chi connectivity index (χ0n) is 18.8. The molecule has 0 unspecified atom stereocenters. The van der Waals surface area contributed by atoms with Gasteiger partial charge in [-0.25, -0.2) is 0 Å². The van der Waals surface area contributed by atoms with E-state index < -0.39 is 6.36 Å². The van der Waals surface area contributed by atoms with Gasteiger partial charge in [0.15, 0.2) is 0 Å². The van der Waals surface area contributed by atoms with E-state index in [1.165, 1.54) is 24.3 Å². The molecule has 8 nitrogen and oxygen atoms in total. The van der Waals surface area contributed by atoms with E-state index in [0.717, 1.165) is 0 Å². The quantitative estimate of drug-likeness (QED) is 0.375. The molecule has 1 fully saturated rings. The number of hydrogen-bond donors (Lipinski definition) is 1. The molecule has 0 bridgehead atoms. The Kier molecular flexibility index (Phi) is 6.35. The highest BCUT2D eigenvalue weighted by molar-refractivity contribution is 6.36. The van der Waals surface area contributed by atoms with E-state index in [1.807, 2.05) is 0 Å². The Morgan fingerprint density at radius 2 is 1.83 bits per heavy atom. The van der Waals surface area contributed by atoms with Crippen LogP contribution in [-0.4, -0.2) is 49.9 Å². The van der Waals surface area contributed by atoms with Crippen LogP contribution >= 0.6 is 11.6 Å². The molecule has 1 saturated heterocycles. The first-order valence-corrected chi connectivity index (χ1v) is 11.5. The molecule has 12 heteroatoms. The second kappa shape index (κ2) is 9.47. The summed E-state index contributed by atoms with van der Waals surface area (Å²) in [4.78, 5) is 17.9. The summed E-state index contributed by atoms with van der Waals surface area (Å²) >= 11 is 6.47. The largest absolute Gasteiger partial charge is 0.573 e. The Labute approximate surface area is 207 Å². The van der Waals surface area contributed by atoms with Crippen LogP contribution in [-0.2, 0) is 17.9 Å². The van der Waals surface area contributed by atoms with E-state index in [2.05, 4.69) is 19.8 Å². The number of piperidine rings is 1. The van der Waals surface area contributed by atoms with E-state index in [-0.39, 0.29) is 29.0 Å². The van der Waals surface area contributed by atoms with Crippen LogP contribution in [0.25, 0.3) is 22.2 Å². The molecule has 36 heavy (non-hydrogen) atoms. The third-order valence-electron chi connectivity index (χ3n) is 5.92. The van der Waals surface area contributed by atoms with Crippen LogP contribution < -0.4 is 4.74 Å². The lowest BCUT2D eigenvalue weighted by molar-refractivity contribution is -0.274. The Morgan fingerprint density at radius 1 is 1.11 bits per heavy atom. The minimum absolute atomic E-state index is 0.0781. The van der Waals surface area contributed by atoms with Crippen LogP contribution in [0.1, 0.15) is 24.3 Å². The van der Waals surface area contributed by atoms with E-state index >= 15 is 0 Å². The lowest BCUT2D eigenvalue weighted by atomic mass is 10.1. The molecule has 1 N–H and O–H groups in total. The standard InChI is InChI=1S/C24H20ClF3N4O4/c25-19-10-15(22-29-20(36-30-22)13-31-7-5-17(33)6-8-31)9-16-12-32(23(34)21(16)19)11-14-1-3-18(4-2-14)35-24(26,27)28/h1-4,9-10,12,34H,5-8,11,13H2. The van der Waals surface area contributed by atoms with Gasteiger partial charge >= 0.3 is 6.36 Å². The number of Topliss-reactive ketones (excluding diaryl/α,β-unsaturated/α-hetero) is 1. The smallest absolute Gasteiger partial charge is 0.494 e. The van der Waals surface area contributed by atoms with Crippen molar-refractivity contribution in [3.05, 3.63) is 59.1 Å². The summed E-state index contributed by atoms with van der Waals surface area (Å²) in [6.45, 7) is 1.95. The number of nitrogens with zero attached hydrogens (tertiary/aromatic N) is 4. The molecule has 2 aromatic heterocycles. The van der Waals surface area contributed by atoms with Crippen molar-refractivity contribution in [1.82, 2.24) is 19.6 Å². The summed E-state index contributed by atoms with van der Waals surface area (Å²) in [5, 5.41) is 16.1. The summed E-state index contributed by atoms with van der Waals surface area (Å²) in [5.74, 6) is 0.617. The summed E-state index contributed by atoms with van der Waals surface area (Å²) in [6.07, 6.45) is -2.05. The van der Waals surface area contributed by atoms with Crippen molar-refractivity contribution < 1.29 is 32.3 Å². The molecule has 2 aromatic carbocycles. The molecule has 188 valence electrons. The minimum Gasteiger partial charge on any atom is -0.494 e. The summed E-state index contributed by atoms with van der Waals surface area (Å²) in [5.41, 5.74) is 1.25. The van der Waals surface area contributed by atoms with Gasteiger partial charge in [-0.05, 0) is 29.8 Å². The summed E-state index contributed by atoms with van der Waals surface area (Å²) < 4.78 is 47.9. The fourth-order valence-corrected chi connectivity index (χ4v) is 4.48. The third kappa shape index (κ3) is 5.31. The van der Waals surface area contributed by atoms with Gasteiger partial charge in [-0.3, -0.25) is 9.69 Å². The van der Waals surface area contributed by atoms with Crippen LogP contribution in [0, 0.1) is 0 Å². The van der Waals surface area contributed by atoms with Crippen LogP contribution in [0.2, 0.25) is 5.02 Å². The molecular weight excluding hydrogens is 501 g/mol. The number of alkyl halides is 3. The lowest BCUT2D eigenvalue weighted by Crippen LogP contribution is -2.33. The number of aromatic hydroxyl groups is 1. The van der Waals surface area contributed by atoms with Crippen molar-refractivity contribution in [3.8, 4) is 23.0 Å². The van der Waals surface area contributed by atoms with Gasteiger partial charge in [0.1, 0.15) is 11.5 Å². The Balaban J connectivity index is 1.35. The molecule has 0 spiro atoms. The van der Waals surface area contributed by atoms with Crippen molar-refractivity contribution in [2.45, 2.75) is 32.3 Å². The fraction of sp³-hybridized carbons (Fsp3) is 0.292. The van der Waals surface area contributed by atoms with Gasteiger partial charge < -0.3 is 18.9 Å². The van der Waals surface area contributed by atoms with E-state index in [9.17, 15) is 23.1 Å². The normalized spacial score (nSPS) is 15.1. The number of carbonyl (C=O) groups excluding carboxylic acids is 1. The van der Waals surface area contributed by atoms with Gasteiger partial charge in [-0.2, -0.15) is 4.98 Å². The highest BCUT2D eigenvalue weighted by Crippen LogP contribution is 2.37. The number of likely N-dealkylation sites (tertiary alicyclic amines) is 1. The SMILES string of the molecule is O=C1CCN(Cc2nc(-c3cc(Cl)c4c(O)n(Cc5ccc(OC(F)(F)F)cc5)cc4c3)no2)CC1. The first-order valence-electron chi connectivity index (χ1n) is 11.1. The van der Waals surface area contributed by atoms with E-state index in [4.69, 9.17) is 16.1 Å². The van der Waals surface area contributed by atoms with Crippen molar-refractivity contribution >= 4 is 28.2 Å². The van der Waals surface area contributed by atoms with Crippen LogP contribution in [0.15, 0.2) is 47.1 Å². The number of carbonyl (C=O) groups is 1. The predicted molar refractivity (Wildman–Crippen MR) is 124 cm³/mol. The Morgan fingerprint density at radius 3 is 2.53 bits per heavy atom. The van der Waals surface area contributed by atoms with Gasteiger partial charge in [0, 0.05) is 43.1 Å².